The zero-order valence-corrected chi connectivity index (χ0v) is 12.8. The van der Waals surface area contributed by atoms with Crippen molar-refractivity contribution >= 4 is 14.0 Å². The molecule has 1 unspecified atom stereocenters. The molecular weight excluding hydrogens is 232 g/mol. The zero-order chi connectivity index (χ0) is 13.5. The van der Waals surface area contributed by atoms with Crippen molar-refractivity contribution < 1.29 is 14.3 Å². The Bertz CT molecular complexity index is 256. The van der Waals surface area contributed by atoms with Crippen molar-refractivity contribution in [2.45, 2.75) is 58.7 Å². The first-order valence-corrected chi connectivity index (χ1v) is 9.95. The summed E-state index contributed by atoms with van der Waals surface area (Å²) < 4.78 is 10.7. The summed E-state index contributed by atoms with van der Waals surface area (Å²) >= 11 is 0. The number of hydrogen-bond acceptors (Lipinski definition) is 3. The lowest BCUT2D eigenvalue weighted by molar-refractivity contribution is -0.174. The lowest BCUT2D eigenvalue weighted by Gasteiger charge is -2.19. The van der Waals surface area contributed by atoms with Gasteiger partial charge in [0.05, 0.1) is 6.61 Å². The fraction of sp³-hybridized carbons (Fsp3) is 0.769. The predicted molar refractivity (Wildman–Crippen MR) is 73.7 cm³/mol. The molecule has 0 aromatic heterocycles. The monoisotopic (exact) mass is 258 g/mol. The van der Waals surface area contributed by atoms with Gasteiger partial charge in [-0.25, -0.2) is 4.79 Å². The summed E-state index contributed by atoms with van der Waals surface area (Å²) in [5.41, 5.74) is 0.411. The third kappa shape index (κ3) is 9.12. The van der Waals surface area contributed by atoms with Crippen LogP contribution in [0.4, 0.5) is 0 Å². The van der Waals surface area contributed by atoms with E-state index in [4.69, 9.17) is 9.47 Å². The van der Waals surface area contributed by atoms with Gasteiger partial charge in [-0.2, -0.15) is 0 Å². The number of ether oxygens (including phenoxy) is 2. The second-order valence-electron chi connectivity index (χ2n) is 5.56. The second-order valence-corrected chi connectivity index (χ2v) is 11.2. The van der Waals surface area contributed by atoms with Gasteiger partial charge in [0.15, 0.2) is 0 Å². The van der Waals surface area contributed by atoms with E-state index in [1.807, 2.05) is 6.92 Å². The van der Waals surface area contributed by atoms with Crippen LogP contribution < -0.4 is 0 Å². The van der Waals surface area contributed by atoms with Gasteiger partial charge < -0.3 is 9.47 Å². The Morgan fingerprint density at radius 2 is 1.94 bits per heavy atom. The molecule has 0 amide bonds. The lowest BCUT2D eigenvalue weighted by Crippen LogP contribution is -2.23. The molecule has 0 aromatic rings. The summed E-state index contributed by atoms with van der Waals surface area (Å²) in [6.45, 7) is 14.8. The van der Waals surface area contributed by atoms with Crippen LogP contribution in [-0.2, 0) is 14.3 Å². The van der Waals surface area contributed by atoms with Crippen LogP contribution in [0.15, 0.2) is 12.2 Å². The minimum Gasteiger partial charge on any atom is -0.432 e. The van der Waals surface area contributed by atoms with Crippen molar-refractivity contribution in [1.82, 2.24) is 0 Å². The number of carbonyl (C=O) groups excluding carboxylic acids is 1. The molecule has 0 rings (SSSR count). The standard InChI is InChI=1S/C13H26O3Si/c1-7-12(16-13(14)11(2)3)15-9-8-10-17(4,5)6/h12H,2,7-10H2,1,3-6H3. The first-order valence-electron chi connectivity index (χ1n) is 6.24. The van der Waals surface area contributed by atoms with E-state index in [9.17, 15) is 4.79 Å². The van der Waals surface area contributed by atoms with Crippen LogP contribution in [0, 0.1) is 0 Å². The Morgan fingerprint density at radius 1 is 1.35 bits per heavy atom. The van der Waals surface area contributed by atoms with Crippen LogP contribution in [0.3, 0.4) is 0 Å². The van der Waals surface area contributed by atoms with Gasteiger partial charge in [-0.1, -0.05) is 39.2 Å². The lowest BCUT2D eigenvalue weighted by atomic mass is 10.3. The molecule has 3 nitrogen and oxygen atoms in total. The zero-order valence-electron chi connectivity index (χ0n) is 11.8. The third-order valence-corrected chi connectivity index (χ3v) is 4.15. The van der Waals surface area contributed by atoms with Crippen molar-refractivity contribution in [1.29, 1.82) is 0 Å². The highest BCUT2D eigenvalue weighted by molar-refractivity contribution is 6.76. The highest BCUT2D eigenvalue weighted by Gasteiger charge is 2.15. The minimum absolute atomic E-state index is 0.373. The van der Waals surface area contributed by atoms with Crippen molar-refractivity contribution in [3.05, 3.63) is 12.2 Å². The maximum absolute atomic E-state index is 11.3. The van der Waals surface area contributed by atoms with Crippen LogP contribution >= 0.6 is 0 Å². The van der Waals surface area contributed by atoms with E-state index in [-0.39, 0.29) is 5.97 Å². The average molecular weight is 258 g/mol. The highest BCUT2D eigenvalue weighted by atomic mass is 28.3. The number of carbonyl (C=O) groups is 1. The van der Waals surface area contributed by atoms with Gasteiger partial charge in [0.1, 0.15) is 0 Å². The summed E-state index contributed by atoms with van der Waals surface area (Å²) in [6, 6.07) is 1.23. The topological polar surface area (TPSA) is 35.5 Å². The molecule has 0 saturated carbocycles. The number of hydrogen-bond donors (Lipinski definition) is 0. The minimum atomic E-state index is -0.991. The molecule has 0 saturated heterocycles. The summed E-state index contributed by atoms with van der Waals surface area (Å²) in [5.74, 6) is -0.373. The summed E-state index contributed by atoms with van der Waals surface area (Å²) in [7, 11) is -0.991. The maximum atomic E-state index is 11.3. The molecule has 4 heteroatoms. The molecule has 0 fully saturated rings. The fourth-order valence-corrected chi connectivity index (χ4v) is 2.48. The van der Waals surface area contributed by atoms with E-state index in [1.165, 1.54) is 6.04 Å². The molecule has 0 bridgehead atoms. The van der Waals surface area contributed by atoms with Gasteiger partial charge in [-0.05, 0) is 13.3 Å². The third-order valence-electron chi connectivity index (χ3n) is 2.30. The fourth-order valence-electron chi connectivity index (χ4n) is 1.27. The molecule has 0 N–H and O–H groups in total. The van der Waals surface area contributed by atoms with E-state index >= 15 is 0 Å². The Kier molecular flexibility index (Phi) is 7.39. The van der Waals surface area contributed by atoms with E-state index in [0.717, 1.165) is 6.42 Å². The van der Waals surface area contributed by atoms with Crippen molar-refractivity contribution in [3.63, 3.8) is 0 Å². The molecule has 0 aliphatic carbocycles. The van der Waals surface area contributed by atoms with Gasteiger partial charge >= 0.3 is 5.97 Å². The van der Waals surface area contributed by atoms with Crippen LogP contribution in [0.1, 0.15) is 26.7 Å². The summed E-state index contributed by atoms with van der Waals surface area (Å²) in [4.78, 5) is 11.3. The molecule has 0 heterocycles. The predicted octanol–water partition coefficient (Wildman–Crippen LogP) is 3.59. The largest absolute Gasteiger partial charge is 0.432 e. The Balaban J connectivity index is 3.83. The molecule has 0 aliphatic rings. The first kappa shape index (κ1) is 16.4. The maximum Gasteiger partial charge on any atom is 0.335 e. The molecule has 100 valence electrons. The highest BCUT2D eigenvalue weighted by Crippen LogP contribution is 2.12. The second kappa shape index (κ2) is 7.66. The van der Waals surface area contributed by atoms with E-state index in [1.54, 1.807) is 6.92 Å². The van der Waals surface area contributed by atoms with Gasteiger partial charge in [-0.3, -0.25) is 0 Å². The average Bonchev–Trinajstić information content (AvgIpc) is 2.20. The van der Waals surface area contributed by atoms with Crippen LogP contribution in [0.25, 0.3) is 0 Å². The Morgan fingerprint density at radius 3 is 2.35 bits per heavy atom. The first-order chi connectivity index (χ1) is 7.76. The molecular formula is C13H26O3Si. The van der Waals surface area contributed by atoms with Gasteiger partial charge in [0.25, 0.3) is 0 Å². The van der Waals surface area contributed by atoms with Gasteiger partial charge in [0, 0.05) is 20.1 Å². The van der Waals surface area contributed by atoms with Crippen LogP contribution in [0.2, 0.25) is 25.7 Å². The summed E-state index contributed by atoms with van der Waals surface area (Å²) in [5, 5.41) is 0. The van der Waals surface area contributed by atoms with Crippen LogP contribution in [0.5, 0.6) is 0 Å². The van der Waals surface area contributed by atoms with Crippen molar-refractivity contribution in [3.8, 4) is 0 Å². The number of rotatable bonds is 8. The van der Waals surface area contributed by atoms with E-state index < -0.39 is 14.4 Å². The SMILES string of the molecule is C=C(C)C(=O)OC(CC)OCCC[Si](C)(C)C. The van der Waals surface area contributed by atoms with Gasteiger partial charge in [0.2, 0.25) is 6.29 Å². The molecule has 0 aliphatic heterocycles. The summed E-state index contributed by atoms with van der Waals surface area (Å²) in [6.07, 6.45) is 1.28. The van der Waals surface area contributed by atoms with Crippen LogP contribution in [-0.4, -0.2) is 26.9 Å². The quantitative estimate of drug-likeness (QED) is 0.219. The Hall–Kier alpha value is -0.613. The van der Waals surface area contributed by atoms with E-state index in [2.05, 4.69) is 26.2 Å². The number of esters is 1. The smallest absolute Gasteiger partial charge is 0.335 e. The Labute approximate surface area is 106 Å². The molecule has 0 radical (unpaired) electrons. The molecule has 0 spiro atoms. The normalized spacial score (nSPS) is 13.2. The molecule has 1 atom stereocenters. The van der Waals surface area contributed by atoms with Crippen molar-refractivity contribution in [2.24, 2.45) is 0 Å². The van der Waals surface area contributed by atoms with E-state index in [0.29, 0.717) is 18.6 Å². The molecule has 17 heavy (non-hydrogen) atoms. The molecule has 0 aromatic carbocycles. The van der Waals surface area contributed by atoms with Crippen molar-refractivity contribution in [2.75, 3.05) is 6.61 Å². The van der Waals surface area contributed by atoms with Gasteiger partial charge in [-0.15, -0.1) is 0 Å².